The van der Waals surface area contributed by atoms with Crippen molar-refractivity contribution in [3.05, 3.63) is 34.9 Å². The van der Waals surface area contributed by atoms with Gasteiger partial charge in [-0.2, -0.15) is 0 Å². The first kappa shape index (κ1) is 13.3. The fraction of sp³-hybridized carbons (Fsp3) is 0.562. The Hall–Kier alpha value is -1.15. The number of likely N-dealkylation sites (N-methyl/N-ethyl adjacent to an activating group) is 1. The fourth-order valence-electron chi connectivity index (χ4n) is 2.55. The van der Waals surface area contributed by atoms with Crippen molar-refractivity contribution in [3.63, 3.8) is 0 Å². The number of carbonyl (C=O) groups is 1. The number of fused-ring (bicyclic) bond motifs is 1. The first-order valence-corrected chi connectivity index (χ1v) is 6.84. The number of benzene rings is 1. The monoisotopic (exact) mass is 245 g/mol. The van der Waals surface area contributed by atoms with E-state index in [1.807, 2.05) is 6.92 Å². The molecule has 98 valence electrons. The van der Waals surface area contributed by atoms with Crippen LogP contribution in [-0.2, 0) is 11.8 Å². The van der Waals surface area contributed by atoms with Crippen LogP contribution < -0.4 is 5.32 Å². The molecule has 0 fully saturated rings. The molecule has 1 N–H and O–H groups in total. The van der Waals surface area contributed by atoms with E-state index < -0.39 is 0 Å². The van der Waals surface area contributed by atoms with Crippen LogP contribution in [0.2, 0.25) is 0 Å². The lowest BCUT2D eigenvalue weighted by atomic mass is 9.80. The van der Waals surface area contributed by atoms with E-state index in [2.05, 4.69) is 44.3 Å². The van der Waals surface area contributed by atoms with Gasteiger partial charge in [-0.15, -0.1) is 0 Å². The number of Topliss-reactive ketones (excluding diaryl/α,β-unsaturated/α-hetero) is 1. The van der Waals surface area contributed by atoms with Crippen molar-refractivity contribution in [3.8, 4) is 0 Å². The van der Waals surface area contributed by atoms with Gasteiger partial charge in [0.05, 0.1) is 6.04 Å². The Kier molecular flexibility index (Phi) is 3.58. The second kappa shape index (κ2) is 4.85. The average molecular weight is 245 g/mol. The van der Waals surface area contributed by atoms with Crippen LogP contribution >= 0.6 is 0 Å². The number of carbonyl (C=O) groups excluding carboxylic acids is 1. The minimum atomic E-state index is 0.0118. The summed E-state index contributed by atoms with van der Waals surface area (Å²) in [5.74, 6) is 0.268. The summed E-state index contributed by atoms with van der Waals surface area (Å²) in [6.07, 6.45) is 1.93. The summed E-state index contributed by atoms with van der Waals surface area (Å²) in [6.45, 7) is 9.45. The molecular formula is C16H23NO. The van der Waals surface area contributed by atoms with Crippen LogP contribution in [0.5, 0.6) is 0 Å². The topological polar surface area (TPSA) is 29.1 Å². The number of hydrogen-bond donors (Lipinski definition) is 1. The van der Waals surface area contributed by atoms with Gasteiger partial charge in [0, 0.05) is 5.56 Å². The number of hydrogen-bond acceptors (Lipinski definition) is 2. The molecule has 1 aromatic carbocycles. The minimum Gasteiger partial charge on any atom is -0.307 e. The normalized spacial score (nSPS) is 19.8. The summed E-state index contributed by atoms with van der Waals surface area (Å²) in [7, 11) is 0. The lowest BCUT2D eigenvalue weighted by molar-refractivity contribution is 0.0929. The molecule has 0 heterocycles. The average Bonchev–Trinajstić information content (AvgIpc) is 2.31. The fourth-order valence-corrected chi connectivity index (χ4v) is 2.55. The first-order chi connectivity index (χ1) is 8.43. The van der Waals surface area contributed by atoms with Gasteiger partial charge >= 0.3 is 0 Å². The molecule has 0 radical (unpaired) electrons. The highest BCUT2D eigenvalue weighted by molar-refractivity contribution is 6.02. The zero-order valence-electron chi connectivity index (χ0n) is 11.8. The Balaban J connectivity index is 2.37. The van der Waals surface area contributed by atoms with Gasteiger partial charge < -0.3 is 5.32 Å². The maximum Gasteiger partial charge on any atom is 0.180 e. The summed E-state index contributed by atoms with van der Waals surface area (Å²) in [6, 6.07) is 6.41. The number of rotatable bonds is 2. The van der Waals surface area contributed by atoms with E-state index in [-0.39, 0.29) is 17.2 Å². The zero-order chi connectivity index (χ0) is 13.3. The lowest BCUT2D eigenvalue weighted by Gasteiger charge is -2.26. The summed E-state index contributed by atoms with van der Waals surface area (Å²) in [4.78, 5) is 12.4. The van der Waals surface area contributed by atoms with Crippen LogP contribution in [-0.4, -0.2) is 18.4 Å². The second-order valence-corrected chi connectivity index (χ2v) is 6.14. The molecule has 0 aromatic heterocycles. The van der Waals surface area contributed by atoms with E-state index in [1.165, 1.54) is 11.1 Å². The highest BCUT2D eigenvalue weighted by atomic mass is 16.1. The van der Waals surface area contributed by atoms with Crippen molar-refractivity contribution >= 4 is 5.78 Å². The Labute approximate surface area is 110 Å². The number of nitrogens with one attached hydrogen (secondary N) is 1. The van der Waals surface area contributed by atoms with Gasteiger partial charge in [-0.1, -0.05) is 39.8 Å². The molecule has 2 heteroatoms. The highest BCUT2D eigenvalue weighted by Crippen LogP contribution is 2.28. The predicted octanol–water partition coefficient (Wildman–Crippen LogP) is 3.09. The van der Waals surface area contributed by atoms with Crippen LogP contribution in [0.15, 0.2) is 18.2 Å². The Morgan fingerprint density at radius 3 is 2.67 bits per heavy atom. The quantitative estimate of drug-likeness (QED) is 0.867. The maximum absolute atomic E-state index is 12.4. The lowest BCUT2D eigenvalue weighted by Crippen LogP contribution is -2.40. The molecular weight excluding hydrogens is 222 g/mol. The van der Waals surface area contributed by atoms with Crippen LogP contribution in [0.1, 0.15) is 55.6 Å². The Morgan fingerprint density at radius 1 is 1.33 bits per heavy atom. The molecule has 0 spiro atoms. The van der Waals surface area contributed by atoms with Crippen LogP contribution in [0.25, 0.3) is 0 Å². The van der Waals surface area contributed by atoms with Crippen LogP contribution in [0, 0.1) is 0 Å². The summed E-state index contributed by atoms with van der Waals surface area (Å²) >= 11 is 0. The molecule has 1 unspecified atom stereocenters. The Bertz CT molecular complexity index is 457. The SMILES string of the molecule is CCNC1CCc2ccc(C(C)(C)C)cc2C1=O. The molecule has 1 aliphatic carbocycles. The van der Waals surface area contributed by atoms with Gasteiger partial charge in [-0.25, -0.2) is 0 Å². The molecule has 2 rings (SSSR count). The minimum absolute atomic E-state index is 0.0118. The van der Waals surface area contributed by atoms with E-state index >= 15 is 0 Å². The molecule has 0 saturated heterocycles. The predicted molar refractivity (Wildman–Crippen MR) is 75.3 cm³/mol. The molecule has 1 atom stereocenters. The van der Waals surface area contributed by atoms with Crippen molar-refractivity contribution in [2.45, 2.75) is 52.0 Å². The summed E-state index contributed by atoms with van der Waals surface area (Å²) in [5, 5.41) is 3.28. The van der Waals surface area contributed by atoms with Gasteiger partial charge in [0.1, 0.15) is 0 Å². The number of ketones is 1. The van der Waals surface area contributed by atoms with E-state index in [0.29, 0.717) is 0 Å². The second-order valence-electron chi connectivity index (χ2n) is 6.14. The van der Waals surface area contributed by atoms with Gasteiger partial charge in [0.2, 0.25) is 0 Å². The van der Waals surface area contributed by atoms with Crippen molar-refractivity contribution in [1.29, 1.82) is 0 Å². The van der Waals surface area contributed by atoms with E-state index in [9.17, 15) is 4.79 Å². The maximum atomic E-state index is 12.4. The van der Waals surface area contributed by atoms with E-state index in [0.717, 1.165) is 24.9 Å². The summed E-state index contributed by atoms with van der Waals surface area (Å²) in [5.41, 5.74) is 3.48. The smallest absolute Gasteiger partial charge is 0.180 e. The van der Waals surface area contributed by atoms with Gasteiger partial charge in [-0.3, -0.25) is 4.79 Å². The van der Waals surface area contributed by atoms with Crippen LogP contribution in [0.4, 0.5) is 0 Å². The third-order valence-electron chi connectivity index (χ3n) is 3.71. The van der Waals surface area contributed by atoms with Crippen molar-refractivity contribution in [1.82, 2.24) is 5.32 Å². The molecule has 0 aliphatic heterocycles. The molecule has 0 bridgehead atoms. The molecule has 0 amide bonds. The third kappa shape index (κ3) is 2.49. The van der Waals surface area contributed by atoms with E-state index in [4.69, 9.17) is 0 Å². The summed E-state index contributed by atoms with van der Waals surface area (Å²) < 4.78 is 0. The third-order valence-corrected chi connectivity index (χ3v) is 3.71. The van der Waals surface area contributed by atoms with Gasteiger partial charge in [0.15, 0.2) is 5.78 Å². The van der Waals surface area contributed by atoms with Crippen molar-refractivity contribution in [2.75, 3.05) is 6.54 Å². The van der Waals surface area contributed by atoms with E-state index in [1.54, 1.807) is 0 Å². The molecule has 0 saturated carbocycles. The number of aryl methyl sites for hydroxylation is 1. The van der Waals surface area contributed by atoms with Gasteiger partial charge in [-0.05, 0) is 42.0 Å². The molecule has 1 aliphatic rings. The van der Waals surface area contributed by atoms with Gasteiger partial charge in [0.25, 0.3) is 0 Å². The molecule has 2 nitrogen and oxygen atoms in total. The molecule has 1 aromatic rings. The van der Waals surface area contributed by atoms with Crippen LogP contribution in [0.3, 0.4) is 0 Å². The first-order valence-electron chi connectivity index (χ1n) is 6.84. The largest absolute Gasteiger partial charge is 0.307 e. The Morgan fingerprint density at radius 2 is 2.06 bits per heavy atom. The molecule has 18 heavy (non-hydrogen) atoms. The van der Waals surface area contributed by atoms with Crippen molar-refractivity contribution < 1.29 is 4.79 Å². The standard InChI is InChI=1S/C16H23NO/c1-5-17-14-9-7-11-6-8-12(16(2,3)4)10-13(11)15(14)18/h6,8,10,14,17H,5,7,9H2,1-4H3. The highest BCUT2D eigenvalue weighted by Gasteiger charge is 2.27. The van der Waals surface area contributed by atoms with Crippen molar-refractivity contribution in [2.24, 2.45) is 0 Å². The zero-order valence-corrected chi connectivity index (χ0v) is 11.8.